The number of nitrogens with one attached hydrogen (secondary N) is 2. The molecule has 0 aromatic rings. The number of carbonyl (C=O) groups excluding carboxylic acids is 1. The van der Waals surface area contributed by atoms with Crippen molar-refractivity contribution in [2.75, 3.05) is 6.54 Å². The molecule has 3 rings (SSSR count). The van der Waals surface area contributed by atoms with Crippen LogP contribution < -0.4 is 10.6 Å². The lowest BCUT2D eigenvalue weighted by atomic mass is 9.39. The Kier molecular flexibility index (Phi) is 2.53. The maximum absolute atomic E-state index is 11.0. The number of hydrogen-bond donors (Lipinski definition) is 2. The summed E-state index contributed by atoms with van der Waals surface area (Å²) in [6.45, 7) is 7.18. The molecule has 3 fully saturated rings. The molecule has 0 radical (unpaired) electrons. The van der Waals surface area contributed by atoms with Crippen LogP contribution >= 0.6 is 0 Å². The molecule has 0 saturated heterocycles. The molecule has 0 spiro atoms. The van der Waals surface area contributed by atoms with E-state index in [-0.39, 0.29) is 11.4 Å². The van der Waals surface area contributed by atoms with Crippen LogP contribution in [0.3, 0.4) is 0 Å². The van der Waals surface area contributed by atoms with E-state index in [1.165, 1.54) is 25.7 Å². The Morgan fingerprint density at radius 1 is 1.40 bits per heavy atom. The molecule has 1 atom stereocenters. The summed E-state index contributed by atoms with van der Waals surface area (Å²) < 4.78 is 0. The molecule has 0 aromatic heterocycles. The van der Waals surface area contributed by atoms with Crippen LogP contribution in [0.4, 0.5) is 0 Å². The standard InChI is InChI=1S/C12H22N2O/c1-4-9(2)13-8-11-5-12(6-11,7-11)14-10(3)15/h9,13H,4-8H2,1-3H3,(H,14,15). The Morgan fingerprint density at radius 2 is 2.00 bits per heavy atom. The molecule has 0 aliphatic heterocycles. The third kappa shape index (κ3) is 1.89. The molecule has 2 bridgehead atoms. The van der Waals surface area contributed by atoms with Crippen LogP contribution in [0.15, 0.2) is 0 Å². The minimum Gasteiger partial charge on any atom is -0.351 e. The summed E-state index contributed by atoms with van der Waals surface area (Å²) in [5, 5.41) is 6.65. The van der Waals surface area contributed by atoms with Gasteiger partial charge in [-0.25, -0.2) is 0 Å². The van der Waals surface area contributed by atoms with Crippen LogP contribution in [0.5, 0.6) is 0 Å². The number of carbonyl (C=O) groups is 1. The molecule has 3 nitrogen and oxygen atoms in total. The second kappa shape index (κ2) is 3.48. The predicted molar refractivity (Wildman–Crippen MR) is 60.6 cm³/mol. The van der Waals surface area contributed by atoms with Crippen LogP contribution in [0, 0.1) is 5.41 Å². The highest BCUT2D eigenvalue weighted by Crippen LogP contribution is 2.66. The summed E-state index contributed by atoms with van der Waals surface area (Å²) in [7, 11) is 0. The third-order valence-corrected chi connectivity index (χ3v) is 4.02. The Hall–Kier alpha value is -0.570. The van der Waals surface area contributed by atoms with E-state index in [0.29, 0.717) is 11.5 Å². The van der Waals surface area contributed by atoms with Crippen molar-refractivity contribution >= 4 is 5.91 Å². The Bertz CT molecular complexity index is 255. The zero-order chi connectivity index (χ0) is 11.1. The quantitative estimate of drug-likeness (QED) is 0.721. The molecule has 1 amide bonds. The molecular weight excluding hydrogens is 188 g/mol. The summed E-state index contributed by atoms with van der Waals surface area (Å²) in [6, 6.07) is 0.621. The first-order chi connectivity index (χ1) is 6.99. The summed E-state index contributed by atoms with van der Waals surface area (Å²) in [5.74, 6) is 0.123. The minimum atomic E-state index is 0.123. The zero-order valence-corrected chi connectivity index (χ0v) is 10.0. The van der Waals surface area contributed by atoms with Gasteiger partial charge in [0.2, 0.25) is 5.91 Å². The van der Waals surface area contributed by atoms with Gasteiger partial charge in [0.15, 0.2) is 0 Å². The highest BCUT2D eigenvalue weighted by atomic mass is 16.1. The minimum absolute atomic E-state index is 0.123. The highest BCUT2D eigenvalue weighted by Gasteiger charge is 2.67. The second-order valence-electron chi connectivity index (χ2n) is 5.68. The van der Waals surface area contributed by atoms with E-state index in [4.69, 9.17) is 0 Å². The fourth-order valence-corrected chi connectivity index (χ4v) is 3.23. The SMILES string of the molecule is CCC(C)NCC12CC(NC(C)=O)(C1)C2. The molecule has 3 aliphatic rings. The lowest BCUT2D eigenvalue weighted by Crippen LogP contribution is -2.76. The normalized spacial score (nSPS) is 38.9. The largest absolute Gasteiger partial charge is 0.351 e. The molecule has 15 heavy (non-hydrogen) atoms. The molecule has 86 valence electrons. The van der Waals surface area contributed by atoms with Crippen LogP contribution in [-0.4, -0.2) is 24.0 Å². The maximum Gasteiger partial charge on any atom is 0.217 e. The van der Waals surface area contributed by atoms with Gasteiger partial charge in [-0.1, -0.05) is 6.92 Å². The Balaban J connectivity index is 1.71. The van der Waals surface area contributed by atoms with Crippen molar-refractivity contribution < 1.29 is 4.79 Å². The molecule has 1 unspecified atom stereocenters. The van der Waals surface area contributed by atoms with E-state index in [1.54, 1.807) is 6.92 Å². The topological polar surface area (TPSA) is 41.1 Å². The monoisotopic (exact) mass is 210 g/mol. The van der Waals surface area contributed by atoms with Gasteiger partial charge in [0, 0.05) is 25.0 Å². The van der Waals surface area contributed by atoms with Crippen molar-refractivity contribution in [1.82, 2.24) is 10.6 Å². The fourth-order valence-electron chi connectivity index (χ4n) is 3.23. The third-order valence-electron chi connectivity index (χ3n) is 4.02. The summed E-state index contributed by atoms with van der Waals surface area (Å²) in [5.41, 5.74) is 0.717. The Morgan fingerprint density at radius 3 is 2.47 bits per heavy atom. The van der Waals surface area contributed by atoms with Crippen molar-refractivity contribution in [3.05, 3.63) is 0 Å². The highest BCUT2D eigenvalue weighted by molar-refractivity contribution is 5.74. The number of hydrogen-bond acceptors (Lipinski definition) is 2. The number of rotatable bonds is 5. The van der Waals surface area contributed by atoms with Crippen LogP contribution in [0.2, 0.25) is 0 Å². The van der Waals surface area contributed by atoms with Crippen molar-refractivity contribution in [2.45, 2.75) is 58.0 Å². The molecular formula is C12H22N2O. The van der Waals surface area contributed by atoms with Gasteiger partial charge in [-0.15, -0.1) is 0 Å². The van der Waals surface area contributed by atoms with Crippen LogP contribution in [0.25, 0.3) is 0 Å². The Labute approximate surface area is 92.0 Å². The summed E-state index contributed by atoms with van der Waals surface area (Å²) in [4.78, 5) is 11.0. The van der Waals surface area contributed by atoms with E-state index in [2.05, 4.69) is 24.5 Å². The first-order valence-electron chi connectivity index (χ1n) is 6.01. The smallest absolute Gasteiger partial charge is 0.217 e. The first-order valence-corrected chi connectivity index (χ1v) is 6.01. The van der Waals surface area contributed by atoms with Gasteiger partial charge in [-0.2, -0.15) is 0 Å². The molecule has 3 heteroatoms. The van der Waals surface area contributed by atoms with Crippen LogP contribution in [-0.2, 0) is 4.79 Å². The van der Waals surface area contributed by atoms with E-state index >= 15 is 0 Å². The summed E-state index contributed by atoms with van der Waals surface area (Å²) >= 11 is 0. The molecule has 0 heterocycles. The van der Waals surface area contributed by atoms with Crippen molar-refractivity contribution in [1.29, 1.82) is 0 Å². The molecule has 2 N–H and O–H groups in total. The number of amides is 1. The average Bonchev–Trinajstić information content (AvgIpc) is 2.05. The van der Waals surface area contributed by atoms with Gasteiger partial charge >= 0.3 is 0 Å². The fraction of sp³-hybridized carbons (Fsp3) is 0.917. The average molecular weight is 210 g/mol. The van der Waals surface area contributed by atoms with Crippen molar-refractivity contribution in [3.8, 4) is 0 Å². The second-order valence-corrected chi connectivity index (χ2v) is 5.68. The van der Waals surface area contributed by atoms with Gasteiger partial charge < -0.3 is 10.6 Å². The molecule has 3 saturated carbocycles. The maximum atomic E-state index is 11.0. The predicted octanol–water partition coefficient (Wildman–Crippen LogP) is 1.43. The molecule has 3 aliphatic carbocycles. The summed E-state index contributed by atoms with van der Waals surface area (Å²) in [6.07, 6.45) is 4.74. The van der Waals surface area contributed by atoms with Gasteiger partial charge in [0.25, 0.3) is 0 Å². The van der Waals surface area contributed by atoms with E-state index < -0.39 is 0 Å². The van der Waals surface area contributed by atoms with Crippen molar-refractivity contribution in [2.24, 2.45) is 5.41 Å². The lowest BCUT2D eigenvalue weighted by Gasteiger charge is -2.71. The van der Waals surface area contributed by atoms with Gasteiger partial charge in [0.05, 0.1) is 0 Å². The van der Waals surface area contributed by atoms with E-state index in [0.717, 1.165) is 6.54 Å². The van der Waals surface area contributed by atoms with Crippen molar-refractivity contribution in [3.63, 3.8) is 0 Å². The lowest BCUT2D eigenvalue weighted by molar-refractivity contribution is -0.162. The van der Waals surface area contributed by atoms with Crippen LogP contribution in [0.1, 0.15) is 46.5 Å². The van der Waals surface area contributed by atoms with Gasteiger partial charge in [-0.3, -0.25) is 4.79 Å². The zero-order valence-electron chi connectivity index (χ0n) is 10.0. The van der Waals surface area contributed by atoms with E-state index in [9.17, 15) is 4.79 Å². The van der Waals surface area contributed by atoms with Gasteiger partial charge in [0.1, 0.15) is 0 Å². The van der Waals surface area contributed by atoms with E-state index in [1.807, 2.05) is 0 Å². The molecule has 0 aromatic carbocycles. The van der Waals surface area contributed by atoms with Gasteiger partial charge in [-0.05, 0) is 38.0 Å². The first kappa shape index (κ1) is 10.9.